The van der Waals surface area contributed by atoms with Crippen molar-refractivity contribution in [2.75, 3.05) is 21.2 Å². The molecule has 0 saturated carbocycles. The van der Waals surface area contributed by atoms with Gasteiger partial charge < -0.3 is 10.6 Å². The van der Waals surface area contributed by atoms with Crippen LogP contribution in [0.3, 0.4) is 0 Å². The molecule has 8 heteroatoms. The molecular formula is C23H23N3O4S. The highest BCUT2D eigenvalue weighted by molar-refractivity contribution is 7.92. The molecule has 0 saturated heterocycles. The second-order valence-corrected chi connectivity index (χ2v) is 8.92. The van der Waals surface area contributed by atoms with Crippen molar-refractivity contribution < 1.29 is 18.0 Å². The molecule has 0 aliphatic heterocycles. The van der Waals surface area contributed by atoms with E-state index in [0.717, 1.165) is 11.8 Å². The smallest absolute Gasteiger partial charge is 0.255 e. The predicted octanol–water partition coefficient (Wildman–Crippen LogP) is 3.86. The summed E-state index contributed by atoms with van der Waals surface area (Å²) in [5.41, 5.74) is 2.93. The van der Waals surface area contributed by atoms with E-state index in [1.54, 1.807) is 48.5 Å². The van der Waals surface area contributed by atoms with E-state index in [9.17, 15) is 18.0 Å². The average molecular weight is 438 g/mol. The first-order valence-corrected chi connectivity index (χ1v) is 11.4. The molecule has 3 aromatic carbocycles. The predicted molar refractivity (Wildman–Crippen MR) is 123 cm³/mol. The number of carbonyl (C=O) groups excluding carboxylic acids is 2. The fraction of sp³-hybridized carbons (Fsp3) is 0.130. The molecule has 0 radical (unpaired) electrons. The van der Waals surface area contributed by atoms with E-state index in [0.29, 0.717) is 22.6 Å². The van der Waals surface area contributed by atoms with E-state index in [1.165, 1.54) is 11.2 Å². The molecule has 0 fully saturated rings. The van der Waals surface area contributed by atoms with E-state index >= 15 is 0 Å². The zero-order chi connectivity index (χ0) is 22.4. The number of carbonyl (C=O) groups is 2. The summed E-state index contributed by atoms with van der Waals surface area (Å²) in [5.74, 6) is -0.500. The molecule has 0 bridgehead atoms. The average Bonchev–Trinajstić information content (AvgIpc) is 2.73. The second-order valence-electron chi connectivity index (χ2n) is 7.01. The molecular weight excluding hydrogens is 414 g/mol. The molecule has 0 heterocycles. The van der Waals surface area contributed by atoms with Crippen molar-refractivity contribution in [1.29, 1.82) is 0 Å². The van der Waals surface area contributed by atoms with Crippen LogP contribution in [0.1, 0.15) is 22.8 Å². The van der Waals surface area contributed by atoms with Gasteiger partial charge in [-0.25, -0.2) is 8.42 Å². The third-order valence-electron chi connectivity index (χ3n) is 4.45. The number of hydrogen-bond donors (Lipinski definition) is 2. The van der Waals surface area contributed by atoms with Gasteiger partial charge in [-0.2, -0.15) is 0 Å². The van der Waals surface area contributed by atoms with Gasteiger partial charge in [0.25, 0.3) is 5.91 Å². The molecule has 2 amide bonds. The van der Waals surface area contributed by atoms with Crippen molar-refractivity contribution in [3.8, 4) is 0 Å². The van der Waals surface area contributed by atoms with Crippen molar-refractivity contribution in [3.63, 3.8) is 0 Å². The van der Waals surface area contributed by atoms with Crippen molar-refractivity contribution in [2.45, 2.75) is 13.5 Å². The van der Waals surface area contributed by atoms with Gasteiger partial charge in [0.2, 0.25) is 15.9 Å². The van der Waals surface area contributed by atoms with Crippen LogP contribution >= 0.6 is 0 Å². The number of nitrogens with zero attached hydrogens (tertiary/aromatic N) is 1. The molecule has 160 valence electrons. The van der Waals surface area contributed by atoms with Gasteiger partial charge in [0.05, 0.1) is 18.5 Å². The number of benzene rings is 3. The van der Waals surface area contributed by atoms with Gasteiger partial charge in [0, 0.05) is 23.9 Å². The van der Waals surface area contributed by atoms with Crippen LogP contribution in [0.25, 0.3) is 0 Å². The van der Waals surface area contributed by atoms with Gasteiger partial charge in [0.15, 0.2) is 0 Å². The van der Waals surface area contributed by atoms with Crippen LogP contribution < -0.4 is 14.9 Å². The number of rotatable bonds is 7. The van der Waals surface area contributed by atoms with Gasteiger partial charge >= 0.3 is 0 Å². The zero-order valence-electron chi connectivity index (χ0n) is 17.2. The Morgan fingerprint density at radius 1 is 0.806 bits per heavy atom. The summed E-state index contributed by atoms with van der Waals surface area (Å²) in [4.78, 5) is 23.6. The van der Waals surface area contributed by atoms with Crippen molar-refractivity contribution in [3.05, 3.63) is 90.0 Å². The second kappa shape index (κ2) is 9.44. The fourth-order valence-electron chi connectivity index (χ4n) is 2.97. The Hall–Kier alpha value is -3.65. The summed E-state index contributed by atoms with van der Waals surface area (Å²) in [6.45, 7) is 1.62. The lowest BCUT2D eigenvalue weighted by atomic mass is 10.1. The van der Waals surface area contributed by atoms with Crippen LogP contribution in [0.2, 0.25) is 0 Å². The molecule has 3 rings (SSSR count). The Morgan fingerprint density at radius 2 is 1.35 bits per heavy atom. The molecule has 3 aromatic rings. The monoisotopic (exact) mass is 437 g/mol. The van der Waals surface area contributed by atoms with Crippen LogP contribution in [0.15, 0.2) is 78.9 Å². The molecule has 0 aliphatic carbocycles. The maximum Gasteiger partial charge on any atom is 0.255 e. The zero-order valence-corrected chi connectivity index (χ0v) is 18.0. The third kappa shape index (κ3) is 6.16. The Balaban J connectivity index is 1.73. The van der Waals surface area contributed by atoms with Crippen LogP contribution in [0, 0.1) is 0 Å². The molecule has 2 N–H and O–H groups in total. The molecule has 0 unspecified atom stereocenters. The van der Waals surface area contributed by atoms with Crippen molar-refractivity contribution >= 4 is 38.9 Å². The van der Waals surface area contributed by atoms with Gasteiger partial charge in [-0.1, -0.05) is 30.3 Å². The number of sulfonamides is 1. The van der Waals surface area contributed by atoms with Crippen LogP contribution in [-0.2, 0) is 21.4 Å². The van der Waals surface area contributed by atoms with E-state index in [1.807, 2.05) is 30.3 Å². The minimum absolute atomic E-state index is 0.174. The topological polar surface area (TPSA) is 95.6 Å². The summed E-state index contributed by atoms with van der Waals surface area (Å²) in [6.07, 6.45) is 1.15. The standard InChI is InChI=1S/C23H23N3O4S/c1-17(27)24-20-10-12-21(13-11-20)25-23(28)19-8-14-22(15-9-19)26(31(2,29)30)16-18-6-4-3-5-7-18/h3-15H,16H2,1-2H3,(H,24,27)(H,25,28). The summed E-state index contributed by atoms with van der Waals surface area (Å²) >= 11 is 0. The number of anilines is 3. The molecule has 0 aliphatic rings. The minimum Gasteiger partial charge on any atom is -0.326 e. The van der Waals surface area contributed by atoms with E-state index < -0.39 is 10.0 Å². The first kappa shape index (κ1) is 22.0. The van der Waals surface area contributed by atoms with Gasteiger partial charge in [-0.15, -0.1) is 0 Å². The number of amides is 2. The van der Waals surface area contributed by atoms with Gasteiger partial charge in [0.1, 0.15) is 0 Å². The molecule has 7 nitrogen and oxygen atoms in total. The lowest BCUT2D eigenvalue weighted by molar-refractivity contribution is -0.114. The largest absolute Gasteiger partial charge is 0.326 e. The maximum atomic E-state index is 12.5. The van der Waals surface area contributed by atoms with Crippen LogP contribution in [0.5, 0.6) is 0 Å². The SMILES string of the molecule is CC(=O)Nc1ccc(NC(=O)c2ccc(N(Cc3ccccc3)S(C)(=O)=O)cc2)cc1. The summed E-state index contributed by atoms with van der Waals surface area (Å²) in [5, 5.41) is 5.43. The number of nitrogens with one attached hydrogen (secondary N) is 2. The highest BCUT2D eigenvalue weighted by Gasteiger charge is 2.18. The summed E-state index contributed by atoms with van der Waals surface area (Å²) < 4.78 is 25.9. The molecule has 31 heavy (non-hydrogen) atoms. The molecule has 0 aromatic heterocycles. The van der Waals surface area contributed by atoms with Crippen LogP contribution in [0.4, 0.5) is 17.1 Å². The quantitative estimate of drug-likeness (QED) is 0.587. The van der Waals surface area contributed by atoms with Gasteiger partial charge in [-0.05, 0) is 54.1 Å². The minimum atomic E-state index is -3.51. The summed E-state index contributed by atoms with van der Waals surface area (Å²) in [7, 11) is -3.51. The Labute approximate surface area is 181 Å². The highest BCUT2D eigenvalue weighted by Crippen LogP contribution is 2.22. The molecule has 0 atom stereocenters. The van der Waals surface area contributed by atoms with Gasteiger partial charge in [-0.3, -0.25) is 13.9 Å². The maximum absolute atomic E-state index is 12.5. The number of hydrogen-bond acceptors (Lipinski definition) is 4. The first-order valence-electron chi connectivity index (χ1n) is 9.53. The fourth-order valence-corrected chi connectivity index (χ4v) is 3.86. The van der Waals surface area contributed by atoms with Crippen LogP contribution in [-0.4, -0.2) is 26.5 Å². The molecule has 0 spiro atoms. The van der Waals surface area contributed by atoms with E-state index in [-0.39, 0.29) is 18.4 Å². The first-order chi connectivity index (χ1) is 14.7. The van der Waals surface area contributed by atoms with Crippen molar-refractivity contribution in [1.82, 2.24) is 0 Å². The Morgan fingerprint density at radius 3 is 1.87 bits per heavy atom. The lowest BCUT2D eigenvalue weighted by Crippen LogP contribution is -2.29. The Kier molecular flexibility index (Phi) is 6.71. The third-order valence-corrected chi connectivity index (χ3v) is 5.59. The summed E-state index contributed by atoms with van der Waals surface area (Å²) in [6, 6.07) is 22.4. The Bertz CT molecular complexity index is 1160. The highest BCUT2D eigenvalue weighted by atomic mass is 32.2. The lowest BCUT2D eigenvalue weighted by Gasteiger charge is -2.22. The normalized spacial score (nSPS) is 10.9. The van der Waals surface area contributed by atoms with E-state index in [4.69, 9.17) is 0 Å². The van der Waals surface area contributed by atoms with E-state index in [2.05, 4.69) is 10.6 Å². The van der Waals surface area contributed by atoms with Crippen molar-refractivity contribution in [2.24, 2.45) is 0 Å².